The fourth-order valence-corrected chi connectivity index (χ4v) is 4.82. The number of Topliss-reactive ketones (excluding diaryl/α,β-unsaturated/α-hetero) is 1. The number of hydrogen-bond acceptors (Lipinski definition) is 5. The van der Waals surface area contributed by atoms with Crippen molar-refractivity contribution < 1.29 is 19.1 Å². The van der Waals surface area contributed by atoms with Crippen molar-refractivity contribution in [1.29, 1.82) is 0 Å². The lowest BCUT2D eigenvalue weighted by molar-refractivity contribution is -0.140. The molecule has 2 aliphatic rings. The van der Waals surface area contributed by atoms with Crippen LogP contribution in [0.2, 0.25) is 10.0 Å². The van der Waals surface area contributed by atoms with Crippen LogP contribution in [0.4, 0.5) is 0 Å². The third kappa shape index (κ3) is 5.01. The number of hydrogen-bond donors (Lipinski definition) is 1. The van der Waals surface area contributed by atoms with Crippen molar-refractivity contribution in [2.75, 3.05) is 20.3 Å². The van der Waals surface area contributed by atoms with E-state index in [0.717, 1.165) is 16.8 Å². The number of ether oxygens (including phenoxy) is 2. The molecular weight excluding hydrogens is 461 g/mol. The molecule has 5 nitrogen and oxygen atoms in total. The molecule has 172 valence electrons. The van der Waals surface area contributed by atoms with Gasteiger partial charge in [-0.25, -0.2) is 4.79 Å². The monoisotopic (exact) mass is 485 g/mol. The van der Waals surface area contributed by atoms with E-state index in [1.165, 1.54) is 0 Å². The van der Waals surface area contributed by atoms with Crippen molar-refractivity contribution in [3.63, 3.8) is 0 Å². The maximum absolute atomic E-state index is 13.5. The SMILES string of the molecule is COCCOC(=O)C1=C(C)NC2=C(C(=O)CC(c3ccc(Cl)cc3)C2)C1c1ccc(Cl)cc1. The molecule has 0 fully saturated rings. The van der Waals surface area contributed by atoms with Crippen LogP contribution in [-0.2, 0) is 19.1 Å². The van der Waals surface area contributed by atoms with Crippen LogP contribution in [0.1, 0.15) is 42.7 Å². The molecule has 2 aromatic carbocycles. The average Bonchev–Trinajstić information content (AvgIpc) is 2.79. The Morgan fingerprint density at radius 2 is 1.58 bits per heavy atom. The second kappa shape index (κ2) is 10.1. The Kier molecular flexibility index (Phi) is 7.23. The Morgan fingerprint density at radius 1 is 0.970 bits per heavy atom. The summed E-state index contributed by atoms with van der Waals surface area (Å²) in [6, 6.07) is 14.9. The van der Waals surface area contributed by atoms with Crippen LogP contribution in [0.15, 0.2) is 71.1 Å². The van der Waals surface area contributed by atoms with Crippen molar-refractivity contribution in [3.8, 4) is 0 Å². The summed E-state index contributed by atoms with van der Waals surface area (Å²) in [7, 11) is 1.55. The summed E-state index contributed by atoms with van der Waals surface area (Å²) in [5.41, 5.74) is 4.47. The summed E-state index contributed by atoms with van der Waals surface area (Å²) in [4.78, 5) is 26.6. The smallest absolute Gasteiger partial charge is 0.336 e. The molecule has 0 amide bonds. The summed E-state index contributed by atoms with van der Waals surface area (Å²) in [6.45, 7) is 2.28. The molecule has 0 bridgehead atoms. The first-order chi connectivity index (χ1) is 15.9. The number of halogens is 2. The molecule has 1 N–H and O–H groups in total. The van der Waals surface area contributed by atoms with Crippen LogP contribution in [0.3, 0.4) is 0 Å². The first-order valence-electron chi connectivity index (χ1n) is 10.8. The van der Waals surface area contributed by atoms with E-state index in [-0.39, 0.29) is 18.3 Å². The van der Waals surface area contributed by atoms with Gasteiger partial charge in [0, 0.05) is 46.5 Å². The number of ketones is 1. The molecule has 0 saturated carbocycles. The van der Waals surface area contributed by atoms with E-state index < -0.39 is 11.9 Å². The summed E-state index contributed by atoms with van der Waals surface area (Å²) in [6.07, 6.45) is 1.02. The lowest BCUT2D eigenvalue weighted by Gasteiger charge is -2.36. The number of carbonyl (C=O) groups is 2. The lowest BCUT2D eigenvalue weighted by Crippen LogP contribution is -2.36. The average molecular weight is 486 g/mol. The molecule has 0 saturated heterocycles. The highest BCUT2D eigenvalue weighted by atomic mass is 35.5. The molecule has 2 atom stereocenters. The highest BCUT2D eigenvalue weighted by Gasteiger charge is 2.41. The third-order valence-corrected chi connectivity index (χ3v) is 6.62. The van der Waals surface area contributed by atoms with E-state index in [1.807, 2.05) is 43.3 Å². The molecule has 0 radical (unpaired) electrons. The minimum absolute atomic E-state index is 0.0124. The van der Waals surface area contributed by atoms with E-state index in [9.17, 15) is 9.59 Å². The number of methoxy groups -OCH3 is 1. The zero-order valence-electron chi connectivity index (χ0n) is 18.5. The van der Waals surface area contributed by atoms with Gasteiger partial charge in [-0.15, -0.1) is 0 Å². The van der Waals surface area contributed by atoms with E-state index in [2.05, 4.69) is 5.32 Å². The highest BCUT2D eigenvalue weighted by molar-refractivity contribution is 6.30. The second-order valence-corrected chi connectivity index (χ2v) is 9.12. The van der Waals surface area contributed by atoms with E-state index >= 15 is 0 Å². The Bertz CT molecular complexity index is 1120. The minimum atomic E-state index is -0.521. The number of rotatable bonds is 6. The molecule has 2 unspecified atom stereocenters. The Morgan fingerprint density at radius 3 is 2.18 bits per heavy atom. The Labute approximate surface area is 203 Å². The third-order valence-electron chi connectivity index (χ3n) is 6.11. The van der Waals surface area contributed by atoms with Gasteiger partial charge >= 0.3 is 5.97 Å². The topological polar surface area (TPSA) is 64.6 Å². The second-order valence-electron chi connectivity index (χ2n) is 8.25. The molecule has 4 rings (SSSR count). The zero-order valence-corrected chi connectivity index (χ0v) is 20.0. The van der Waals surface area contributed by atoms with Gasteiger partial charge < -0.3 is 14.8 Å². The number of carbonyl (C=O) groups excluding carboxylic acids is 2. The summed E-state index contributed by atoms with van der Waals surface area (Å²) >= 11 is 12.2. The first kappa shape index (κ1) is 23.6. The predicted octanol–water partition coefficient (Wildman–Crippen LogP) is 5.54. The van der Waals surface area contributed by atoms with Gasteiger partial charge in [0.05, 0.1) is 12.2 Å². The number of esters is 1. The fraction of sp³-hybridized carbons (Fsp3) is 0.308. The molecule has 0 aromatic heterocycles. The summed E-state index contributed by atoms with van der Waals surface area (Å²) < 4.78 is 10.5. The van der Waals surface area contributed by atoms with Crippen molar-refractivity contribution >= 4 is 35.0 Å². The standard InChI is InChI=1S/C26H25Cl2NO4/c1-15-23(26(31)33-12-11-32-2)24(17-5-9-20(28)10-6-17)25-21(29-15)13-18(14-22(25)30)16-3-7-19(27)8-4-16/h3-10,18,24,29H,11-14H2,1-2H3. The summed E-state index contributed by atoms with van der Waals surface area (Å²) in [5.74, 6) is -0.934. The van der Waals surface area contributed by atoms with Gasteiger partial charge in [0.2, 0.25) is 0 Å². The van der Waals surface area contributed by atoms with Crippen LogP contribution >= 0.6 is 23.2 Å². The fourth-order valence-electron chi connectivity index (χ4n) is 4.56. The van der Waals surface area contributed by atoms with Gasteiger partial charge in [-0.1, -0.05) is 47.5 Å². The van der Waals surface area contributed by atoms with Crippen LogP contribution in [0, 0.1) is 0 Å². The molecule has 1 heterocycles. The summed E-state index contributed by atoms with van der Waals surface area (Å²) in [5, 5.41) is 4.60. The van der Waals surface area contributed by atoms with Crippen LogP contribution in [-0.4, -0.2) is 32.1 Å². The number of benzene rings is 2. The number of dihydropyridines is 1. The number of nitrogens with one attached hydrogen (secondary N) is 1. The molecule has 7 heteroatoms. The van der Waals surface area contributed by atoms with Crippen LogP contribution in [0.5, 0.6) is 0 Å². The van der Waals surface area contributed by atoms with Crippen molar-refractivity contribution in [1.82, 2.24) is 5.32 Å². The maximum atomic E-state index is 13.5. The minimum Gasteiger partial charge on any atom is -0.460 e. The highest BCUT2D eigenvalue weighted by Crippen LogP contribution is 2.45. The quantitative estimate of drug-likeness (QED) is 0.429. The largest absolute Gasteiger partial charge is 0.460 e. The zero-order chi connectivity index (χ0) is 23.5. The van der Waals surface area contributed by atoms with Crippen LogP contribution < -0.4 is 5.32 Å². The first-order valence-corrected chi connectivity index (χ1v) is 11.6. The van der Waals surface area contributed by atoms with Crippen LogP contribution in [0.25, 0.3) is 0 Å². The Hall–Kier alpha value is -2.60. The van der Waals surface area contributed by atoms with Gasteiger partial charge in [0.1, 0.15) is 6.61 Å². The van der Waals surface area contributed by atoms with Crippen molar-refractivity contribution in [2.24, 2.45) is 0 Å². The van der Waals surface area contributed by atoms with Gasteiger partial charge in [-0.05, 0) is 54.7 Å². The molecule has 1 aliphatic carbocycles. The number of allylic oxidation sites excluding steroid dienone is 3. The van der Waals surface area contributed by atoms with Gasteiger partial charge in [-0.2, -0.15) is 0 Å². The van der Waals surface area contributed by atoms with Gasteiger partial charge in [-0.3, -0.25) is 4.79 Å². The van der Waals surface area contributed by atoms with Gasteiger partial charge in [0.25, 0.3) is 0 Å². The lowest BCUT2D eigenvalue weighted by atomic mass is 9.72. The molecule has 33 heavy (non-hydrogen) atoms. The molecular formula is C26H25Cl2NO4. The van der Waals surface area contributed by atoms with E-state index in [1.54, 1.807) is 19.2 Å². The van der Waals surface area contributed by atoms with Crippen molar-refractivity contribution in [3.05, 3.63) is 92.2 Å². The van der Waals surface area contributed by atoms with Gasteiger partial charge in [0.15, 0.2) is 5.78 Å². The van der Waals surface area contributed by atoms with Crippen molar-refractivity contribution in [2.45, 2.75) is 31.6 Å². The van der Waals surface area contributed by atoms with E-state index in [0.29, 0.717) is 46.3 Å². The predicted molar refractivity (Wildman–Crippen MR) is 128 cm³/mol. The Balaban J connectivity index is 1.73. The molecule has 2 aromatic rings. The molecule has 1 aliphatic heterocycles. The van der Waals surface area contributed by atoms with E-state index in [4.69, 9.17) is 32.7 Å². The molecule has 0 spiro atoms. The maximum Gasteiger partial charge on any atom is 0.336 e. The normalized spacial score (nSPS) is 20.4.